The van der Waals surface area contributed by atoms with Crippen LogP contribution in [-0.4, -0.2) is 68.6 Å². The molecule has 3 N–H and O–H groups in total. The van der Waals surface area contributed by atoms with Gasteiger partial charge in [-0.3, -0.25) is 9.59 Å². The van der Waals surface area contributed by atoms with Crippen LogP contribution in [0.25, 0.3) is 5.65 Å². The van der Waals surface area contributed by atoms with E-state index in [-0.39, 0.29) is 29.8 Å². The van der Waals surface area contributed by atoms with Gasteiger partial charge in [-0.15, -0.1) is 0 Å². The van der Waals surface area contributed by atoms with Gasteiger partial charge in [0.2, 0.25) is 17.8 Å². The number of aromatic nitrogens is 4. The average molecular weight is 547 g/mol. The minimum absolute atomic E-state index is 0.0224. The molecular formula is C29H38N8O3. The molecule has 212 valence electrons. The monoisotopic (exact) mass is 546 g/mol. The lowest BCUT2D eigenvalue weighted by molar-refractivity contribution is -0.130. The number of rotatable bonds is 9. The van der Waals surface area contributed by atoms with Crippen molar-refractivity contribution in [3.05, 3.63) is 54.2 Å². The number of nitrogens with zero attached hydrogens (tertiary/aromatic N) is 5. The third-order valence-corrected chi connectivity index (χ3v) is 7.55. The highest BCUT2D eigenvalue weighted by Gasteiger charge is 2.26. The van der Waals surface area contributed by atoms with Crippen molar-refractivity contribution in [2.45, 2.75) is 58.1 Å². The van der Waals surface area contributed by atoms with E-state index in [2.05, 4.69) is 46.5 Å². The second kappa shape index (κ2) is 12.5. The molecule has 0 atom stereocenters. The van der Waals surface area contributed by atoms with Crippen LogP contribution in [0, 0.1) is 5.92 Å². The molecule has 0 bridgehead atoms. The molecule has 40 heavy (non-hydrogen) atoms. The zero-order valence-electron chi connectivity index (χ0n) is 23.2. The van der Waals surface area contributed by atoms with Gasteiger partial charge in [0.25, 0.3) is 0 Å². The highest BCUT2D eigenvalue weighted by molar-refractivity contribution is 5.93. The zero-order valence-corrected chi connectivity index (χ0v) is 23.2. The number of carbonyl (C=O) groups excluding carboxylic acids is 2. The van der Waals surface area contributed by atoms with Crippen molar-refractivity contribution in [2.75, 3.05) is 36.8 Å². The van der Waals surface area contributed by atoms with E-state index in [9.17, 15) is 9.59 Å². The Morgan fingerprint density at radius 2 is 1.95 bits per heavy atom. The summed E-state index contributed by atoms with van der Waals surface area (Å²) in [6, 6.07) is 8.11. The van der Waals surface area contributed by atoms with Crippen molar-refractivity contribution in [3.63, 3.8) is 0 Å². The zero-order chi connectivity index (χ0) is 28.1. The summed E-state index contributed by atoms with van der Waals surface area (Å²) in [6.07, 6.45) is 6.35. The number of likely N-dealkylation sites (tertiary alicyclic amines) is 1. The van der Waals surface area contributed by atoms with Crippen molar-refractivity contribution in [1.82, 2.24) is 29.8 Å². The van der Waals surface area contributed by atoms with Gasteiger partial charge < -0.3 is 25.6 Å². The minimum atomic E-state index is -0.127. The van der Waals surface area contributed by atoms with E-state index >= 15 is 0 Å². The number of hydrogen-bond donors (Lipinski definition) is 3. The second-order valence-electron chi connectivity index (χ2n) is 10.7. The Morgan fingerprint density at radius 1 is 1.18 bits per heavy atom. The smallest absolute Gasteiger partial charge is 0.322 e. The quantitative estimate of drug-likeness (QED) is 0.349. The Bertz CT molecular complexity index is 1360. The highest BCUT2D eigenvalue weighted by Crippen LogP contribution is 2.25. The van der Waals surface area contributed by atoms with Gasteiger partial charge in [-0.05, 0) is 68.5 Å². The van der Waals surface area contributed by atoms with Gasteiger partial charge in [0.15, 0.2) is 5.65 Å². The minimum Gasteiger partial charge on any atom is -0.460 e. The van der Waals surface area contributed by atoms with Gasteiger partial charge in [0.05, 0.1) is 6.20 Å². The van der Waals surface area contributed by atoms with E-state index in [1.54, 1.807) is 9.42 Å². The van der Waals surface area contributed by atoms with Crippen molar-refractivity contribution >= 4 is 29.1 Å². The van der Waals surface area contributed by atoms with Crippen LogP contribution < -0.4 is 20.7 Å². The third kappa shape index (κ3) is 6.41. The molecule has 1 aromatic carbocycles. The maximum atomic E-state index is 12.9. The van der Waals surface area contributed by atoms with Gasteiger partial charge in [0, 0.05) is 36.8 Å². The number of anilines is 2. The molecule has 2 saturated heterocycles. The molecule has 2 aliphatic heterocycles. The molecule has 2 fully saturated rings. The van der Waals surface area contributed by atoms with Gasteiger partial charge in [-0.2, -0.15) is 19.6 Å². The Balaban J connectivity index is 1.26. The van der Waals surface area contributed by atoms with E-state index in [1.807, 2.05) is 30.5 Å². The summed E-state index contributed by atoms with van der Waals surface area (Å²) in [5, 5.41) is 14.3. The summed E-state index contributed by atoms with van der Waals surface area (Å²) in [6.45, 7) is 11.2. The number of nitrogens with one attached hydrogen (secondary N) is 3. The number of carbonyl (C=O) groups is 2. The molecule has 3 aromatic rings. The van der Waals surface area contributed by atoms with Crippen molar-refractivity contribution in [3.8, 4) is 6.01 Å². The van der Waals surface area contributed by atoms with Crippen LogP contribution in [0.5, 0.6) is 6.01 Å². The molecule has 0 radical (unpaired) electrons. The van der Waals surface area contributed by atoms with E-state index in [1.165, 1.54) is 6.08 Å². The number of benzene rings is 1. The third-order valence-electron chi connectivity index (χ3n) is 7.55. The first-order chi connectivity index (χ1) is 19.4. The predicted octanol–water partition coefficient (Wildman–Crippen LogP) is 3.35. The molecule has 0 aliphatic carbocycles. The Morgan fingerprint density at radius 3 is 2.67 bits per heavy atom. The van der Waals surface area contributed by atoms with Crippen LogP contribution in [0.2, 0.25) is 0 Å². The molecule has 0 unspecified atom stereocenters. The number of amides is 2. The van der Waals surface area contributed by atoms with Crippen LogP contribution in [-0.2, 0) is 16.1 Å². The first-order valence-electron chi connectivity index (χ1n) is 14.1. The fraction of sp³-hybridized carbons (Fsp3) is 0.483. The molecule has 4 heterocycles. The molecule has 11 heteroatoms. The number of ether oxygens (including phenoxy) is 1. The Hall–Kier alpha value is -3.99. The van der Waals surface area contributed by atoms with Crippen LogP contribution >= 0.6 is 0 Å². The summed E-state index contributed by atoms with van der Waals surface area (Å²) in [7, 11) is 0. The van der Waals surface area contributed by atoms with E-state index in [4.69, 9.17) is 9.72 Å². The number of fused-ring (bicyclic) bond motifs is 1. The largest absolute Gasteiger partial charge is 0.460 e. The van der Waals surface area contributed by atoms with Crippen molar-refractivity contribution in [2.24, 2.45) is 5.92 Å². The maximum absolute atomic E-state index is 12.9. The lowest BCUT2D eigenvalue weighted by atomic mass is 9.95. The maximum Gasteiger partial charge on any atom is 0.322 e. The number of piperidine rings is 2. The van der Waals surface area contributed by atoms with Gasteiger partial charge in [-0.1, -0.05) is 32.6 Å². The molecule has 2 aromatic heterocycles. The summed E-state index contributed by atoms with van der Waals surface area (Å²) in [5.41, 5.74) is 3.48. The Kier molecular flexibility index (Phi) is 8.59. The van der Waals surface area contributed by atoms with Crippen LogP contribution in [0.15, 0.2) is 43.1 Å². The van der Waals surface area contributed by atoms with Gasteiger partial charge >= 0.3 is 6.01 Å². The molecule has 11 nitrogen and oxygen atoms in total. The highest BCUT2D eigenvalue weighted by atomic mass is 16.5. The SMILES string of the molecule is C=CC(=O)N1CCC(C(=O)Nc2cccc(CNc3nc(OC4CCNCC4)nc4c(C(C)C)cnn34)c2)CC1. The van der Waals surface area contributed by atoms with Gasteiger partial charge in [0.1, 0.15) is 6.10 Å². The van der Waals surface area contributed by atoms with Crippen LogP contribution in [0.3, 0.4) is 0 Å². The van der Waals surface area contributed by atoms with Gasteiger partial charge in [-0.25, -0.2) is 0 Å². The summed E-state index contributed by atoms with van der Waals surface area (Å²) in [5.74, 6) is 0.572. The molecule has 2 amide bonds. The van der Waals surface area contributed by atoms with E-state index in [0.717, 1.165) is 48.4 Å². The fourth-order valence-electron chi connectivity index (χ4n) is 5.19. The first kappa shape index (κ1) is 27.6. The molecule has 2 aliphatic rings. The van der Waals surface area contributed by atoms with E-state index in [0.29, 0.717) is 44.4 Å². The molecular weight excluding hydrogens is 508 g/mol. The lowest BCUT2D eigenvalue weighted by Crippen LogP contribution is -2.40. The molecule has 0 saturated carbocycles. The predicted molar refractivity (Wildman–Crippen MR) is 153 cm³/mol. The standard InChI is InChI=1S/C29H38N8O3/c1-4-25(38)36-14-10-21(11-15-36)27(39)33-22-7-5-6-20(16-22)17-31-28-35-29(40-23-8-12-30-13-9-23)34-26-24(19(2)3)18-32-37(26)28/h4-7,16,18-19,21,23,30H,1,8-15,17H2,2-3H3,(H,33,39)(H,31,34,35). The van der Waals surface area contributed by atoms with Crippen molar-refractivity contribution < 1.29 is 14.3 Å². The normalized spacial score (nSPS) is 16.7. The Labute approximate surface area is 234 Å². The molecule has 5 rings (SSSR count). The summed E-state index contributed by atoms with van der Waals surface area (Å²) < 4.78 is 7.91. The molecule has 0 spiro atoms. The average Bonchev–Trinajstić information content (AvgIpc) is 3.41. The summed E-state index contributed by atoms with van der Waals surface area (Å²) >= 11 is 0. The topological polar surface area (TPSA) is 126 Å². The lowest BCUT2D eigenvalue weighted by Gasteiger charge is -2.30. The van der Waals surface area contributed by atoms with Crippen molar-refractivity contribution in [1.29, 1.82) is 0 Å². The second-order valence-corrected chi connectivity index (χ2v) is 10.7. The first-order valence-corrected chi connectivity index (χ1v) is 14.1. The fourth-order valence-corrected chi connectivity index (χ4v) is 5.19. The van der Waals surface area contributed by atoms with Crippen LogP contribution in [0.4, 0.5) is 11.6 Å². The number of hydrogen-bond acceptors (Lipinski definition) is 8. The van der Waals surface area contributed by atoms with Crippen LogP contribution in [0.1, 0.15) is 56.6 Å². The summed E-state index contributed by atoms with van der Waals surface area (Å²) in [4.78, 5) is 35.9. The van der Waals surface area contributed by atoms with E-state index < -0.39 is 0 Å².